The van der Waals surface area contributed by atoms with Gasteiger partial charge in [0, 0.05) is 42.4 Å². The molecule has 0 aliphatic rings. The number of rotatable bonds is 5. The van der Waals surface area contributed by atoms with E-state index in [0.29, 0.717) is 22.6 Å². The molecular weight excluding hydrogens is 404 g/mol. The lowest BCUT2D eigenvalue weighted by Crippen LogP contribution is -2.08. The first kappa shape index (κ1) is 21.0. The molecule has 7 heteroatoms. The van der Waals surface area contributed by atoms with Crippen LogP contribution in [0.3, 0.4) is 0 Å². The van der Waals surface area contributed by atoms with Crippen LogP contribution in [0.4, 0.5) is 11.4 Å². The van der Waals surface area contributed by atoms with E-state index in [-0.39, 0.29) is 17.6 Å². The van der Waals surface area contributed by atoms with Gasteiger partial charge in [0.1, 0.15) is 0 Å². The third kappa shape index (κ3) is 4.27. The number of benzene rings is 2. The molecule has 0 saturated carbocycles. The van der Waals surface area contributed by atoms with Gasteiger partial charge in [0.05, 0.1) is 17.6 Å². The van der Waals surface area contributed by atoms with Crippen LogP contribution in [-0.2, 0) is 9.59 Å². The van der Waals surface area contributed by atoms with Crippen LogP contribution in [0.5, 0.6) is 0 Å². The number of fused-ring (bicyclic) bond motifs is 1. The summed E-state index contributed by atoms with van der Waals surface area (Å²) in [5.41, 5.74) is 5.75. The number of hydrogen-bond acceptors (Lipinski definition) is 4. The summed E-state index contributed by atoms with van der Waals surface area (Å²) in [6.45, 7) is 4.43. The Labute approximate surface area is 185 Å². The van der Waals surface area contributed by atoms with Crippen molar-refractivity contribution in [3.05, 3.63) is 72.6 Å². The van der Waals surface area contributed by atoms with Gasteiger partial charge in [-0.2, -0.15) is 0 Å². The summed E-state index contributed by atoms with van der Waals surface area (Å²) in [5, 5.41) is 5.64. The van der Waals surface area contributed by atoms with Crippen LogP contribution in [0.2, 0.25) is 0 Å². The van der Waals surface area contributed by atoms with Gasteiger partial charge in [-0.1, -0.05) is 30.3 Å². The highest BCUT2D eigenvalue weighted by molar-refractivity contribution is 5.96. The molecule has 2 aromatic carbocycles. The van der Waals surface area contributed by atoms with Gasteiger partial charge >= 0.3 is 0 Å². The lowest BCUT2D eigenvalue weighted by molar-refractivity contribution is -0.115. The van der Waals surface area contributed by atoms with Gasteiger partial charge in [-0.15, -0.1) is 0 Å². The van der Waals surface area contributed by atoms with E-state index in [1.165, 1.54) is 20.8 Å². The monoisotopic (exact) mass is 426 g/mol. The maximum atomic E-state index is 11.9. The number of amides is 2. The minimum atomic E-state index is -0.209. The highest BCUT2D eigenvalue weighted by atomic mass is 16.2. The van der Waals surface area contributed by atoms with Gasteiger partial charge < -0.3 is 10.6 Å². The Morgan fingerprint density at radius 3 is 2.25 bits per heavy atom. The molecule has 0 saturated heterocycles. The van der Waals surface area contributed by atoms with Gasteiger partial charge in [-0.25, -0.2) is 4.98 Å². The number of carbonyl (C=O) groups excluding carboxylic acids is 3. The Hall–Kier alpha value is -4.26. The Morgan fingerprint density at radius 1 is 0.812 bits per heavy atom. The second kappa shape index (κ2) is 8.47. The highest BCUT2D eigenvalue weighted by Crippen LogP contribution is 2.31. The van der Waals surface area contributed by atoms with E-state index in [1.807, 2.05) is 59.1 Å². The fourth-order valence-electron chi connectivity index (χ4n) is 3.62. The minimum Gasteiger partial charge on any atom is -0.326 e. The Balaban J connectivity index is 1.91. The van der Waals surface area contributed by atoms with E-state index in [9.17, 15) is 14.4 Å². The van der Waals surface area contributed by atoms with Gasteiger partial charge in [0.15, 0.2) is 11.4 Å². The van der Waals surface area contributed by atoms with Gasteiger partial charge in [0.2, 0.25) is 11.8 Å². The van der Waals surface area contributed by atoms with Crippen molar-refractivity contribution in [2.75, 3.05) is 10.6 Å². The normalized spacial score (nSPS) is 10.7. The van der Waals surface area contributed by atoms with Crippen molar-refractivity contribution in [3.63, 3.8) is 0 Å². The third-order valence-corrected chi connectivity index (χ3v) is 5.00. The molecule has 0 aliphatic carbocycles. The molecule has 0 unspecified atom stereocenters. The molecule has 2 N–H and O–H groups in total. The van der Waals surface area contributed by atoms with Gasteiger partial charge in [-0.3, -0.25) is 18.8 Å². The van der Waals surface area contributed by atoms with E-state index < -0.39 is 0 Å². The van der Waals surface area contributed by atoms with Crippen molar-refractivity contribution in [1.82, 2.24) is 9.38 Å². The number of nitrogens with zero attached hydrogens (tertiary/aromatic N) is 2. The molecule has 7 nitrogen and oxygen atoms in total. The van der Waals surface area contributed by atoms with E-state index in [4.69, 9.17) is 0 Å². The number of pyridine rings is 1. The number of anilines is 2. The maximum absolute atomic E-state index is 11.9. The number of aromatic nitrogens is 2. The predicted molar refractivity (Wildman–Crippen MR) is 125 cm³/mol. The van der Waals surface area contributed by atoms with Gasteiger partial charge in [-0.05, 0) is 36.8 Å². The Morgan fingerprint density at radius 2 is 1.53 bits per heavy atom. The van der Waals surface area contributed by atoms with Crippen molar-refractivity contribution in [2.45, 2.75) is 20.8 Å². The van der Waals surface area contributed by atoms with Crippen LogP contribution in [0.15, 0.2) is 67.0 Å². The standard InChI is InChI=1S/C25H22N4O3/c1-15(30)18-6-4-8-20(10-18)24-13-26-25-23(28-17(3)32)12-21(14-29(24)25)19-7-5-9-22(11-19)27-16(2)31/h4-14H,1-3H3,(H,27,31)(H,28,32). The number of imidazole rings is 1. The van der Waals surface area contributed by atoms with E-state index in [1.54, 1.807) is 12.3 Å². The number of carbonyl (C=O) groups is 3. The average Bonchev–Trinajstić information content (AvgIpc) is 3.17. The molecule has 4 aromatic rings. The number of nitrogens with one attached hydrogen (secondary N) is 2. The Bertz CT molecular complexity index is 1370. The molecule has 4 rings (SSSR count). The molecule has 0 bridgehead atoms. The van der Waals surface area contributed by atoms with Crippen LogP contribution in [0, 0.1) is 0 Å². The maximum Gasteiger partial charge on any atom is 0.221 e. The van der Waals surface area contributed by atoms with Crippen LogP contribution in [-0.4, -0.2) is 27.0 Å². The number of Topliss-reactive ketones (excluding diaryl/α,β-unsaturated/α-hetero) is 1. The summed E-state index contributed by atoms with van der Waals surface area (Å²) in [7, 11) is 0. The second-order valence-corrected chi connectivity index (χ2v) is 7.56. The zero-order valence-electron chi connectivity index (χ0n) is 18.0. The summed E-state index contributed by atoms with van der Waals surface area (Å²) >= 11 is 0. The van der Waals surface area contributed by atoms with E-state index in [0.717, 1.165) is 22.4 Å². The third-order valence-electron chi connectivity index (χ3n) is 5.00. The Kier molecular flexibility index (Phi) is 5.55. The van der Waals surface area contributed by atoms with Crippen molar-refractivity contribution in [2.24, 2.45) is 0 Å². The fourth-order valence-corrected chi connectivity index (χ4v) is 3.62. The summed E-state index contributed by atoms with van der Waals surface area (Å²) in [6, 6.07) is 16.7. The zero-order valence-corrected chi connectivity index (χ0v) is 18.0. The summed E-state index contributed by atoms with van der Waals surface area (Å²) in [6.07, 6.45) is 3.65. The smallest absolute Gasteiger partial charge is 0.221 e. The van der Waals surface area contributed by atoms with E-state index >= 15 is 0 Å². The lowest BCUT2D eigenvalue weighted by atomic mass is 10.0. The lowest BCUT2D eigenvalue weighted by Gasteiger charge is -2.12. The van der Waals surface area contributed by atoms with Crippen molar-refractivity contribution in [3.8, 4) is 22.4 Å². The quantitative estimate of drug-likeness (QED) is 0.449. The molecule has 0 fully saturated rings. The molecule has 2 aromatic heterocycles. The average molecular weight is 426 g/mol. The van der Waals surface area contributed by atoms with Crippen LogP contribution in [0.1, 0.15) is 31.1 Å². The first-order valence-electron chi connectivity index (χ1n) is 10.1. The molecule has 2 heterocycles. The SMILES string of the molecule is CC(=O)Nc1cccc(-c2cc(NC(C)=O)c3ncc(-c4cccc(C(C)=O)c4)n3c2)c1. The zero-order chi connectivity index (χ0) is 22.8. The topological polar surface area (TPSA) is 92.6 Å². The van der Waals surface area contributed by atoms with Gasteiger partial charge in [0.25, 0.3) is 0 Å². The first-order valence-corrected chi connectivity index (χ1v) is 10.1. The molecule has 0 radical (unpaired) electrons. The van der Waals surface area contributed by atoms with Crippen LogP contribution >= 0.6 is 0 Å². The molecule has 32 heavy (non-hydrogen) atoms. The van der Waals surface area contributed by atoms with E-state index in [2.05, 4.69) is 15.6 Å². The highest BCUT2D eigenvalue weighted by Gasteiger charge is 2.14. The largest absolute Gasteiger partial charge is 0.326 e. The first-order chi connectivity index (χ1) is 15.3. The van der Waals surface area contributed by atoms with Crippen molar-refractivity contribution in [1.29, 1.82) is 0 Å². The molecule has 160 valence electrons. The summed E-state index contributed by atoms with van der Waals surface area (Å²) in [5.74, 6) is -0.381. The fraction of sp³-hybridized carbons (Fsp3) is 0.120. The molecule has 0 atom stereocenters. The molecule has 2 amide bonds. The van der Waals surface area contributed by atoms with Crippen LogP contribution < -0.4 is 10.6 Å². The number of hydrogen-bond donors (Lipinski definition) is 2. The summed E-state index contributed by atoms with van der Waals surface area (Å²) < 4.78 is 1.89. The number of ketones is 1. The summed E-state index contributed by atoms with van der Waals surface area (Å²) in [4.78, 5) is 39.7. The van der Waals surface area contributed by atoms with Crippen molar-refractivity contribution >= 4 is 34.6 Å². The minimum absolute atomic E-state index is 0.0184. The van der Waals surface area contributed by atoms with Crippen LogP contribution in [0.25, 0.3) is 28.0 Å². The van der Waals surface area contributed by atoms with Crippen molar-refractivity contribution < 1.29 is 14.4 Å². The predicted octanol–water partition coefficient (Wildman–Crippen LogP) is 4.79. The molecule has 0 aliphatic heterocycles. The molecule has 0 spiro atoms. The molecular formula is C25H22N4O3. The second-order valence-electron chi connectivity index (χ2n) is 7.56.